The summed E-state index contributed by atoms with van der Waals surface area (Å²) in [6.45, 7) is 3.03. The van der Waals surface area contributed by atoms with Gasteiger partial charge in [0.2, 0.25) is 5.91 Å². The lowest BCUT2D eigenvalue weighted by Crippen LogP contribution is -2.33. The van der Waals surface area contributed by atoms with Crippen LogP contribution in [0.1, 0.15) is 18.2 Å². The van der Waals surface area contributed by atoms with E-state index < -0.39 is 17.2 Å². The Hall–Kier alpha value is -2.15. The Balaban J connectivity index is 2.89. The lowest BCUT2D eigenvalue weighted by molar-refractivity contribution is -0.117. The number of rotatable bonds is 4. The molecular weight excluding hydrogens is 238 g/mol. The fraction of sp³-hybridized carbons (Fsp3) is 0.364. The summed E-state index contributed by atoms with van der Waals surface area (Å²) in [4.78, 5) is 38.3. The highest BCUT2D eigenvalue weighted by atomic mass is 16.3. The van der Waals surface area contributed by atoms with E-state index >= 15 is 0 Å². The van der Waals surface area contributed by atoms with Gasteiger partial charge in [0.15, 0.2) is 0 Å². The van der Waals surface area contributed by atoms with Crippen molar-refractivity contribution >= 4 is 12.0 Å². The molecule has 0 aliphatic rings. The van der Waals surface area contributed by atoms with Crippen LogP contribution in [-0.2, 0) is 4.79 Å². The van der Waals surface area contributed by atoms with E-state index in [9.17, 15) is 14.4 Å². The van der Waals surface area contributed by atoms with Crippen molar-refractivity contribution in [3.05, 3.63) is 38.2 Å². The Kier molecular flexibility index (Phi) is 4.61. The third kappa shape index (κ3) is 3.70. The fourth-order valence-electron chi connectivity index (χ4n) is 1.31. The quantitative estimate of drug-likeness (QED) is 0.509. The standard InChI is InChI=1S/C11H15N3O4/c1-6(5-15)12-9(16)4-3-8-7(2)13-11(18)14-10(8)17/h3-4,6,15H,5H2,1-2H3,(H,12,16)(H2,13,14,17,18)/b4-3+. The van der Waals surface area contributed by atoms with E-state index in [1.54, 1.807) is 13.8 Å². The SMILES string of the molecule is Cc1[nH]c(=O)[nH]c(=O)c1/C=C/C(=O)NC(C)CO. The molecule has 0 aliphatic carbocycles. The normalized spacial score (nSPS) is 12.6. The summed E-state index contributed by atoms with van der Waals surface area (Å²) in [7, 11) is 0. The maximum atomic E-state index is 11.5. The van der Waals surface area contributed by atoms with Crippen LogP contribution in [0.2, 0.25) is 0 Å². The van der Waals surface area contributed by atoms with Crippen LogP contribution in [0.4, 0.5) is 0 Å². The van der Waals surface area contributed by atoms with E-state index in [0.717, 1.165) is 0 Å². The van der Waals surface area contributed by atoms with Crippen LogP contribution in [-0.4, -0.2) is 33.6 Å². The largest absolute Gasteiger partial charge is 0.394 e. The zero-order valence-electron chi connectivity index (χ0n) is 10.1. The van der Waals surface area contributed by atoms with Crippen LogP contribution in [0.3, 0.4) is 0 Å². The minimum Gasteiger partial charge on any atom is -0.394 e. The van der Waals surface area contributed by atoms with E-state index in [1.165, 1.54) is 12.2 Å². The molecule has 1 amide bonds. The molecule has 98 valence electrons. The Morgan fingerprint density at radius 3 is 2.67 bits per heavy atom. The predicted octanol–water partition coefficient (Wildman–Crippen LogP) is -1.12. The highest BCUT2D eigenvalue weighted by Crippen LogP contribution is 1.97. The van der Waals surface area contributed by atoms with Crippen LogP contribution >= 0.6 is 0 Å². The molecule has 0 aromatic carbocycles. The summed E-state index contributed by atoms with van der Waals surface area (Å²) in [5.41, 5.74) is -0.562. The highest BCUT2D eigenvalue weighted by Gasteiger charge is 2.05. The number of hydrogen-bond acceptors (Lipinski definition) is 4. The second kappa shape index (κ2) is 5.97. The number of aromatic nitrogens is 2. The molecule has 1 atom stereocenters. The van der Waals surface area contributed by atoms with Gasteiger partial charge in [-0.2, -0.15) is 0 Å². The molecule has 1 rings (SSSR count). The maximum Gasteiger partial charge on any atom is 0.325 e. The third-order valence-electron chi connectivity index (χ3n) is 2.24. The van der Waals surface area contributed by atoms with Crippen molar-refractivity contribution in [1.29, 1.82) is 0 Å². The molecule has 0 fully saturated rings. The van der Waals surface area contributed by atoms with Crippen LogP contribution in [0.5, 0.6) is 0 Å². The van der Waals surface area contributed by atoms with Gasteiger partial charge in [0, 0.05) is 17.8 Å². The van der Waals surface area contributed by atoms with Crippen molar-refractivity contribution in [3.63, 3.8) is 0 Å². The molecule has 1 aromatic heterocycles. The number of hydrogen-bond donors (Lipinski definition) is 4. The van der Waals surface area contributed by atoms with E-state index in [1.807, 2.05) is 0 Å². The Morgan fingerprint density at radius 1 is 1.44 bits per heavy atom. The zero-order valence-corrected chi connectivity index (χ0v) is 10.1. The van der Waals surface area contributed by atoms with Crippen LogP contribution in [0.15, 0.2) is 15.7 Å². The first-order valence-corrected chi connectivity index (χ1v) is 5.36. The molecule has 4 N–H and O–H groups in total. The molecule has 0 saturated heterocycles. The molecular formula is C11H15N3O4. The monoisotopic (exact) mass is 253 g/mol. The number of amides is 1. The van der Waals surface area contributed by atoms with Gasteiger partial charge in [0.05, 0.1) is 12.2 Å². The molecule has 7 heteroatoms. The molecule has 0 spiro atoms. The van der Waals surface area contributed by atoms with Crippen molar-refractivity contribution < 1.29 is 9.90 Å². The van der Waals surface area contributed by atoms with Gasteiger partial charge >= 0.3 is 5.69 Å². The molecule has 1 unspecified atom stereocenters. The summed E-state index contributed by atoms with van der Waals surface area (Å²) in [5.74, 6) is -0.429. The smallest absolute Gasteiger partial charge is 0.325 e. The average Bonchev–Trinajstić information content (AvgIpc) is 2.27. The van der Waals surface area contributed by atoms with Crippen molar-refractivity contribution in [2.75, 3.05) is 6.61 Å². The molecule has 1 heterocycles. The summed E-state index contributed by atoms with van der Waals surface area (Å²) in [6, 6.07) is -0.364. The van der Waals surface area contributed by atoms with Gasteiger partial charge in [-0.15, -0.1) is 0 Å². The number of aliphatic hydroxyl groups excluding tert-OH is 1. The van der Waals surface area contributed by atoms with Crippen LogP contribution < -0.4 is 16.6 Å². The summed E-state index contributed by atoms with van der Waals surface area (Å²) in [5, 5.41) is 11.2. The number of nitrogens with one attached hydrogen (secondary N) is 3. The number of carbonyl (C=O) groups is 1. The summed E-state index contributed by atoms with van der Waals surface area (Å²) >= 11 is 0. The Bertz CT molecular complexity index is 570. The number of H-pyrrole nitrogens is 2. The van der Waals surface area contributed by atoms with Crippen LogP contribution in [0.25, 0.3) is 6.08 Å². The predicted molar refractivity (Wildman–Crippen MR) is 66.1 cm³/mol. The molecule has 18 heavy (non-hydrogen) atoms. The topological polar surface area (TPSA) is 115 Å². The molecule has 7 nitrogen and oxygen atoms in total. The Morgan fingerprint density at radius 2 is 2.11 bits per heavy atom. The maximum absolute atomic E-state index is 11.5. The van der Waals surface area contributed by atoms with Crippen molar-refractivity contribution in [2.24, 2.45) is 0 Å². The molecule has 1 aromatic rings. The number of carbonyl (C=O) groups excluding carboxylic acids is 1. The number of aryl methyl sites for hydroxylation is 1. The lowest BCUT2D eigenvalue weighted by atomic mass is 10.2. The molecule has 0 bridgehead atoms. The van der Waals surface area contributed by atoms with Gasteiger partial charge in [-0.25, -0.2) is 4.79 Å². The van der Waals surface area contributed by atoms with E-state index in [-0.39, 0.29) is 18.2 Å². The van der Waals surface area contributed by atoms with Gasteiger partial charge in [-0.05, 0) is 19.9 Å². The van der Waals surface area contributed by atoms with E-state index in [2.05, 4.69) is 15.3 Å². The minimum absolute atomic E-state index is 0.169. The average molecular weight is 253 g/mol. The second-order valence-electron chi connectivity index (χ2n) is 3.87. The first-order valence-electron chi connectivity index (χ1n) is 5.36. The second-order valence-corrected chi connectivity index (χ2v) is 3.87. The number of aromatic amines is 2. The Labute approximate surface area is 103 Å². The molecule has 0 aliphatic heterocycles. The molecule has 0 saturated carbocycles. The summed E-state index contributed by atoms with van der Waals surface area (Å²) < 4.78 is 0. The van der Waals surface area contributed by atoms with Gasteiger partial charge < -0.3 is 15.4 Å². The summed E-state index contributed by atoms with van der Waals surface area (Å²) in [6.07, 6.45) is 2.48. The van der Waals surface area contributed by atoms with Gasteiger partial charge in [-0.1, -0.05) is 0 Å². The zero-order chi connectivity index (χ0) is 13.7. The van der Waals surface area contributed by atoms with Gasteiger partial charge in [0.25, 0.3) is 5.56 Å². The van der Waals surface area contributed by atoms with Crippen molar-refractivity contribution in [1.82, 2.24) is 15.3 Å². The first kappa shape index (κ1) is 13.9. The lowest BCUT2D eigenvalue weighted by Gasteiger charge is -2.07. The van der Waals surface area contributed by atoms with Crippen LogP contribution in [0, 0.1) is 6.92 Å². The number of aliphatic hydroxyl groups is 1. The van der Waals surface area contributed by atoms with E-state index in [0.29, 0.717) is 5.69 Å². The fourth-order valence-corrected chi connectivity index (χ4v) is 1.31. The van der Waals surface area contributed by atoms with Gasteiger partial charge in [-0.3, -0.25) is 14.6 Å². The minimum atomic E-state index is -0.590. The van der Waals surface area contributed by atoms with Crippen molar-refractivity contribution in [3.8, 4) is 0 Å². The third-order valence-corrected chi connectivity index (χ3v) is 2.24. The highest BCUT2D eigenvalue weighted by molar-refractivity contribution is 5.91. The first-order chi connectivity index (χ1) is 8.43. The molecule has 0 radical (unpaired) electrons. The van der Waals surface area contributed by atoms with Crippen molar-refractivity contribution in [2.45, 2.75) is 19.9 Å². The van der Waals surface area contributed by atoms with E-state index in [4.69, 9.17) is 5.11 Å². The van der Waals surface area contributed by atoms with Gasteiger partial charge in [0.1, 0.15) is 0 Å².